The number of hydrogen-bond acceptors (Lipinski definition) is 8. The molecule has 2 fully saturated rings. The summed E-state index contributed by atoms with van der Waals surface area (Å²) in [5, 5.41) is 10.5. The number of ether oxygens (including phenoxy) is 3. The maximum atomic E-state index is 14.4. The van der Waals surface area contributed by atoms with Crippen molar-refractivity contribution in [3.05, 3.63) is 88.6 Å². The Hall–Kier alpha value is -5.67. The first-order valence-electron chi connectivity index (χ1n) is 21.0. The number of pyridine rings is 1. The second kappa shape index (κ2) is 19.4. The van der Waals surface area contributed by atoms with Crippen molar-refractivity contribution in [2.45, 2.75) is 83.3 Å². The van der Waals surface area contributed by atoms with Gasteiger partial charge in [-0.05, 0) is 118 Å². The minimum absolute atomic E-state index is 0.0443. The molecule has 4 aromatic rings. The number of hydrogen-bond donors (Lipinski definition) is 4. The Morgan fingerprint density at radius 1 is 1.02 bits per heavy atom. The number of amides is 3. The molecule has 3 amide bonds. The number of fused-ring (bicyclic) bond motifs is 2. The van der Waals surface area contributed by atoms with Gasteiger partial charge in [0.1, 0.15) is 23.9 Å². The highest BCUT2D eigenvalue weighted by Crippen LogP contribution is 2.35. The number of alkyl halides is 1. The number of benzene rings is 3. The van der Waals surface area contributed by atoms with Crippen LogP contribution in [0.1, 0.15) is 95.7 Å². The van der Waals surface area contributed by atoms with Gasteiger partial charge in [-0.15, -0.1) is 0 Å². The maximum absolute atomic E-state index is 14.4. The number of nitrogens with zero attached hydrogens (tertiary/aromatic N) is 1. The summed E-state index contributed by atoms with van der Waals surface area (Å²) >= 11 is 0. The number of primary amides is 1. The maximum Gasteiger partial charge on any atom is 0.255 e. The fourth-order valence-electron chi connectivity index (χ4n) is 8.58. The van der Waals surface area contributed by atoms with Gasteiger partial charge in [0.15, 0.2) is 6.17 Å². The molecule has 2 aliphatic heterocycles. The molecule has 1 saturated carbocycles. The third-order valence-electron chi connectivity index (χ3n) is 11.9. The molecule has 59 heavy (non-hydrogen) atoms. The Balaban J connectivity index is 0.862. The van der Waals surface area contributed by atoms with Crippen LogP contribution >= 0.6 is 0 Å². The molecule has 3 heterocycles. The highest BCUT2D eigenvalue weighted by atomic mass is 19.1. The van der Waals surface area contributed by atoms with Crippen molar-refractivity contribution in [1.29, 1.82) is 0 Å². The van der Waals surface area contributed by atoms with Crippen LogP contribution in [0.2, 0.25) is 0 Å². The van der Waals surface area contributed by atoms with Crippen LogP contribution in [0.4, 0.5) is 4.39 Å². The molecule has 7 rings (SSSR count). The molecule has 310 valence electrons. The van der Waals surface area contributed by atoms with Crippen LogP contribution in [0.25, 0.3) is 10.8 Å². The lowest BCUT2D eigenvalue weighted by Crippen LogP contribution is -2.34. The van der Waals surface area contributed by atoms with E-state index < -0.39 is 29.9 Å². The Bertz CT molecular complexity index is 2230. The zero-order valence-electron chi connectivity index (χ0n) is 33.9. The first-order valence-corrected chi connectivity index (χ1v) is 21.0. The van der Waals surface area contributed by atoms with Gasteiger partial charge in [0.25, 0.3) is 17.7 Å². The van der Waals surface area contributed by atoms with E-state index in [1.165, 1.54) is 12.7 Å². The van der Waals surface area contributed by atoms with Crippen molar-refractivity contribution in [3.8, 4) is 35.0 Å². The number of rotatable bonds is 16. The van der Waals surface area contributed by atoms with E-state index in [2.05, 4.69) is 44.9 Å². The van der Waals surface area contributed by atoms with E-state index in [9.17, 15) is 18.8 Å². The molecule has 12 heteroatoms. The standard InChI is InChI=1S/C47H54FN5O6/c1-3-35-39(53-46(56)43(35)48)28-58-47-37-25-41(57-2)38(44(49)54)24-36(37)33(27-52-47)19-18-29-14-16-31(17-15-29)26-50-21-6-4-5-9-30-10-7-12-34(23-30)59-40-13-8-11-32-20-22-51-45(55)42(32)40/h7-8,10-13,23-25,27,29,31,35,39,43,50H,3-6,9,14-17,20-22,26,28H2,1-2H3,(H2,49,54)(H,51,55)(H,53,56)/t29-,31-,35-,39+,43-/m0/s1. The topological polar surface area (TPSA) is 154 Å². The lowest BCUT2D eigenvalue weighted by molar-refractivity contribution is -0.123. The van der Waals surface area contributed by atoms with Crippen LogP contribution in [-0.4, -0.2) is 68.3 Å². The average molecular weight is 804 g/mol. The van der Waals surface area contributed by atoms with E-state index in [0.717, 1.165) is 82.2 Å². The van der Waals surface area contributed by atoms with Crippen molar-refractivity contribution in [1.82, 2.24) is 20.9 Å². The first kappa shape index (κ1) is 41.5. The quantitative estimate of drug-likeness (QED) is 0.0711. The fourth-order valence-corrected chi connectivity index (χ4v) is 8.58. The van der Waals surface area contributed by atoms with Gasteiger partial charge in [-0.2, -0.15) is 0 Å². The van der Waals surface area contributed by atoms with Gasteiger partial charge >= 0.3 is 0 Å². The van der Waals surface area contributed by atoms with Crippen LogP contribution in [0, 0.1) is 29.6 Å². The number of nitrogens with one attached hydrogen (secondary N) is 3. The van der Waals surface area contributed by atoms with Crippen LogP contribution in [-0.2, 0) is 17.6 Å². The number of halogens is 1. The van der Waals surface area contributed by atoms with Crippen molar-refractivity contribution in [2.24, 2.45) is 23.5 Å². The molecule has 0 unspecified atom stereocenters. The molecule has 1 saturated heterocycles. The summed E-state index contributed by atoms with van der Waals surface area (Å²) in [6.07, 6.45) is 9.91. The highest BCUT2D eigenvalue weighted by molar-refractivity contribution is 6.03. The normalized spacial score (nSPS) is 21.2. The van der Waals surface area contributed by atoms with Crippen LogP contribution in [0.5, 0.6) is 23.1 Å². The van der Waals surface area contributed by atoms with E-state index in [0.29, 0.717) is 46.5 Å². The van der Waals surface area contributed by atoms with Gasteiger partial charge in [0, 0.05) is 35.3 Å². The van der Waals surface area contributed by atoms with E-state index in [1.54, 1.807) is 18.3 Å². The summed E-state index contributed by atoms with van der Waals surface area (Å²) < 4.78 is 32.2. The lowest BCUT2D eigenvalue weighted by atomic mass is 9.82. The average Bonchev–Trinajstić information content (AvgIpc) is 3.52. The van der Waals surface area contributed by atoms with Gasteiger partial charge in [-0.25, -0.2) is 9.37 Å². The molecular formula is C47H54FN5O6. The number of carbonyl (C=O) groups is 3. The molecule has 3 atom stereocenters. The van der Waals surface area contributed by atoms with Crippen molar-refractivity contribution in [2.75, 3.05) is 33.4 Å². The van der Waals surface area contributed by atoms with E-state index in [1.807, 2.05) is 37.3 Å². The molecule has 1 aliphatic carbocycles. The molecule has 11 nitrogen and oxygen atoms in total. The molecule has 0 spiro atoms. The zero-order chi connectivity index (χ0) is 41.3. The van der Waals surface area contributed by atoms with Crippen LogP contribution < -0.4 is 35.9 Å². The number of aromatic nitrogens is 1. The Labute approximate surface area is 345 Å². The summed E-state index contributed by atoms with van der Waals surface area (Å²) in [5.74, 6) is 7.76. The predicted octanol–water partition coefficient (Wildman–Crippen LogP) is 6.82. The molecule has 3 aliphatic rings. The number of unbranched alkanes of at least 4 members (excludes halogenated alkanes) is 2. The number of aryl methyl sites for hydroxylation is 1. The summed E-state index contributed by atoms with van der Waals surface area (Å²) in [7, 11) is 1.46. The van der Waals surface area contributed by atoms with E-state index in [-0.39, 0.29) is 35.6 Å². The molecule has 5 N–H and O–H groups in total. The van der Waals surface area contributed by atoms with Gasteiger partial charge < -0.3 is 35.9 Å². The second-order valence-electron chi connectivity index (χ2n) is 15.9. The van der Waals surface area contributed by atoms with Crippen molar-refractivity contribution < 1.29 is 33.0 Å². The number of nitrogens with two attached hydrogens (primary N) is 1. The van der Waals surface area contributed by atoms with Crippen LogP contribution in [0.3, 0.4) is 0 Å². The van der Waals surface area contributed by atoms with E-state index >= 15 is 0 Å². The molecular weight excluding hydrogens is 750 g/mol. The minimum Gasteiger partial charge on any atom is -0.496 e. The van der Waals surface area contributed by atoms with Gasteiger partial charge in [0.05, 0.1) is 29.8 Å². The second-order valence-corrected chi connectivity index (χ2v) is 15.9. The van der Waals surface area contributed by atoms with Gasteiger partial charge in [0.2, 0.25) is 5.88 Å². The SMILES string of the molecule is CC[C@@H]1[C@H](F)C(=O)N[C@@H]1COc1ncc(C#C[C@H]2CC[C@H](CNCCCCCc3cccc(Oc4cccc5c4C(=O)NCC5)c3)CC2)c2cc(C(N)=O)c(OC)cc12. The third-order valence-corrected chi connectivity index (χ3v) is 11.9. The summed E-state index contributed by atoms with van der Waals surface area (Å²) in [6.45, 7) is 4.54. The summed E-state index contributed by atoms with van der Waals surface area (Å²) in [5.41, 5.74) is 9.46. The summed E-state index contributed by atoms with van der Waals surface area (Å²) in [6, 6.07) is 16.8. The Morgan fingerprint density at radius 2 is 1.85 bits per heavy atom. The monoisotopic (exact) mass is 803 g/mol. The zero-order valence-corrected chi connectivity index (χ0v) is 33.9. The fraction of sp³-hybridized carbons (Fsp3) is 0.447. The minimum atomic E-state index is -1.57. The smallest absolute Gasteiger partial charge is 0.255 e. The Morgan fingerprint density at radius 3 is 2.64 bits per heavy atom. The number of methoxy groups -OCH3 is 1. The van der Waals surface area contributed by atoms with Crippen LogP contribution in [0.15, 0.2) is 60.8 Å². The predicted molar refractivity (Wildman–Crippen MR) is 225 cm³/mol. The summed E-state index contributed by atoms with van der Waals surface area (Å²) in [4.78, 5) is 41.4. The van der Waals surface area contributed by atoms with Gasteiger partial charge in [-0.1, -0.05) is 49.5 Å². The van der Waals surface area contributed by atoms with Crippen molar-refractivity contribution in [3.63, 3.8) is 0 Å². The first-order chi connectivity index (χ1) is 28.7. The molecule has 1 aromatic heterocycles. The number of carbonyl (C=O) groups excluding carboxylic acids is 3. The van der Waals surface area contributed by atoms with E-state index in [4.69, 9.17) is 19.9 Å². The molecule has 3 aromatic carbocycles. The largest absolute Gasteiger partial charge is 0.496 e. The molecule has 0 radical (unpaired) electrons. The third kappa shape index (κ3) is 9.97. The van der Waals surface area contributed by atoms with Crippen molar-refractivity contribution >= 4 is 28.5 Å². The Kier molecular flexibility index (Phi) is 13.6. The highest BCUT2D eigenvalue weighted by Gasteiger charge is 2.42. The molecule has 0 bridgehead atoms. The lowest BCUT2D eigenvalue weighted by Gasteiger charge is -2.26. The van der Waals surface area contributed by atoms with Gasteiger partial charge in [-0.3, -0.25) is 14.4 Å².